The molecular formula is C28H27FN4O4S. The zero-order valence-corrected chi connectivity index (χ0v) is 21.9. The summed E-state index contributed by atoms with van der Waals surface area (Å²) in [7, 11) is -2.57. The Bertz CT molecular complexity index is 1550. The molecule has 1 heterocycles. The number of halogens is 1. The first kappa shape index (κ1) is 26.6. The lowest BCUT2D eigenvalue weighted by atomic mass is 10.2. The minimum Gasteiger partial charge on any atom is -0.497 e. The summed E-state index contributed by atoms with van der Waals surface area (Å²) in [6.45, 7) is 3.32. The van der Waals surface area contributed by atoms with Crippen LogP contribution in [0.4, 0.5) is 10.1 Å². The monoisotopic (exact) mass is 534 g/mol. The summed E-state index contributed by atoms with van der Waals surface area (Å²) in [4.78, 5) is 12.8. The summed E-state index contributed by atoms with van der Waals surface area (Å²) in [5.41, 5.74) is 6.06. The number of para-hydroxylation sites is 1. The summed E-state index contributed by atoms with van der Waals surface area (Å²) in [6, 6.07) is 22.3. The maximum absolute atomic E-state index is 13.4. The molecule has 1 aromatic heterocycles. The van der Waals surface area contributed by atoms with Crippen molar-refractivity contribution in [1.82, 2.24) is 9.99 Å². The Morgan fingerprint density at radius 3 is 2.32 bits per heavy atom. The lowest BCUT2D eigenvalue weighted by molar-refractivity contribution is -0.119. The summed E-state index contributed by atoms with van der Waals surface area (Å²) in [5.74, 6) is -0.421. The van der Waals surface area contributed by atoms with Crippen molar-refractivity contribution in [3.63, 3.8) is 0 Å². The van der Waals surface area contributed by atoms with E-state index in [-0.39, 0.29) is 10.7 Å². The van der Waals surface area contributed by atoms with Gasteiger partial charge in [-0.15, -0.1) is 0 Å². The van der Waals surface area contributed by atoms with Crippen LogP contribution in [0.3, 0.4) is 0 Å². The smallest absolute Gasteiger partial charge is 0.264 e. The minimum absolute atomic E-state index is 0.0201. The molecule has 0 aliphatic carbocycles. The highest BCUT2D eigenvalue weighted by molar-refractivity contribution is 7.92. The Morgan fingerprint density at radius 1 is 1.03 bits per heavy atom. The van der Waals surface area contributed by atoms with Crippen LogP contribution < -0.4 is 14.5 Å². The quantitative estimate of drug-likeness (QED) is 0.251. The predicted octanol–water partition coefficient (Wildman–Crippen LogP) is 4.59. The maximum atomic E-state index is 13.4. The molecule has 0 aliphatic heterocycles. The van der Waals surface area contributed by atoms with E-state index in [1.807, 2.05) is 24.5 Å². The van der Waals surface area contributed by atoms with Crippen molar-refractivity contribution in [3.05, 3.63) is 108 Å². The summed E-state index contributed by atoms with van der Waals surface area (Å²) in [5, 5.41) is 4.05. The first-order valence-corrected chi connectivity index (χ1v) is 13.1. The number of anilines is 1. The summed E-state index contributed by atoms with van der Waals surface area (Å²) in [6.07, 6.45) is 1.49. The van der Waals surface area contributed by atoms with E-state index in [1.54, 1.807) is 54.6 Å². The largest absolute Gasteiger partial charge is 0.497 e. The Labute approximate surface area is 221 Å². The fraction of sp³-hybridized carbons (Fsp3) is 0.143. The molecule has 0 radical (unpaired) electrons. The molecule has 38 heavy (non-hydrogen) atoms. The van der Waals surface area contributed by atoms with Gasteiger partial charge in [0.2, 0.25) is 0 Å². The van der Waals surface area contributed by atoms with Crippen LogP contribution in [0, 0.1) is 19.7 Å². The van der Waals surface area contributed by atoms with E-state index in [2.05, 4.69) is 10.5 Å². The van der Waals surface area contributed by atoms with Crippen molar-refractivity contribution < 1.29 is 22.3 Å². The van der Waals surface area contributed by atoms with E-state index in [9.17, 15) is 17.6 Å². The third kappa shape index (κ3) is 5.76. The lowest BCUT2D eigenvalue weighted by Crippen LogP contribution is -2.39. The molecule has 10 heteroatoms. The van der Waals surface area contributed by atoms with Crippen LogP contribution in [0.2, 0.25) is 0 Å². The molecule has 0 unspecified atom stereocenters. The van der Waals surface area contributed by atoms with E-state index in [0.717, 1.165) is 26.9 Å². The average Bonchev–Trinajstić information content (AvgIpc) is 3.20. The van der Waals surface area contributed by atoms with Crippen LogP contribution >= 0.6 is 0 Å². The standard InChI is InChI=1S/C28H27FN4O4S/c1-20-17-22(21(2)33(20)25-11-9-23(29)10-12-25)18-30-31-28(34)19-32(24-7-5-4-6-8-24)38(35,36)27-15-13-26(37-3)14-16-27/h4-18H,19H2,1-3H3,(H,31,34)/b30-18+. The van der Waals surface area contributed by atoms with Crippen molar-refractivity contribution in [2.24, 2.45) is 5.10 Å². The fourth-order valence-electron chi connectivity index (χ4n) is 4.03. The summed E-state index contributed by atoms with van der Waals surface area (Å²) < 4.78 is 48.3. The van der Waals surface area contributed by atoms with Gasteiger partial charge in [-0.25, -0.2) is 18.2 Å². The van der Waals surface area contributed by atoms with Crippen LogP contribution in [0.25, 0.3) is 5.69 Å². The number of nitrogens with zero attached hydrogens (tertiary/aromatic N) is 3. The van der Waals surface area contributed by atoms with Crippen LogP contribution in [0.15, 0.2) is 94.9 Å². The Kier molecular flexibility index (Phi) is 7.92. The molecule has 1 amide bonds. The molecule has 0 aliphatic rings. The second kappa shape index (κ2) is 11.3. The molecular weight excluding hydrogens is 507 g/mol. The number of benzene rings is 3. The molecule has 4 aromatic rings. The van der Waals surface area contributed by atoms with Crippen molar-refractivity contribution in [2.75, 3.05) is 18.0 Å². The number of sulfonamides is 1. The van der Waals surface area contributed by atoms with Crippen molar-refractivity contribution in [2.45, 2.75) is 18.7 Å². The summed E-state index contributed by atoms with van der Waals surface area (Å²) >= 11 is 0. The lowest BCUT2D eigenvalue weighted by Gasteiger charge is -2.23. The number of nitrogens with one attached hydrogen (secondary N) is 1. The number of rotatable bonds is 9. The molecule has 196 valence electrons. The normalized spacial score (nSPS) is 11.5. The van der Waals surface area contributed by atoms with Gasteiger partial charge in [-0.05, 0) is 80.6 Å². The number of hydrogen-bond acceptors (Lipinski definition) is 5. The second-order valence-corrected chi connectivity index (χ2v) is 10.3. The van der Waals surface area contributed by atoms with Crippen molar-refractivity contribution in [3.8, 4) is 11.4 Å². The third-order valence-corrected chi connectivity index (χ3v) is 7.71. The SMILES string of the molecule is COc1ccc(S(=O)(=O)N(CC(=O)N/N=C/c2cc(C)n(-c3ccc(F)cc3)c2C)c2ccccc2)cc1. The molecule has 0 saturated carbocycles. The number of ether oxygens (including phenoxy) is 1. The van der Waals surface area contributed by atoms with Gasteiger partial charge >= 0.3 is 0 Å². The van der Waals surface area contributed by atoms with Gasteiger partial charge in [-0.2, -0.15) is 5.10 Å². The Morgan fingerprint density at radius 2 is 1.68 bits per heavy atom. The maximum Gasteiger partial charge on any atom is 0.264 e. The van der Waals surface area contributed by atoms with Crippen LogP contribution in [0.5, 0.6) is 5.75 Å². The highest BCUT2D eigenvalue weighted by Gasteiger charge is 2.27. The number of aromatic nitrogens is 1. The number of hydrazone groups is 1. The van der Waals surface area contributed by atoms with Gasteiger partial charge < -0.3 is 9.30 Å². The van der Waals surface area contributed by atoms with Gasteiger partial charge in [-0.1, -0.05) is 18.2 Å². The van der Waals surface area contributed by atoms with E-state index in [1.165, 1.54) is 37.6 Å². The third-order valence-electron chi connectivity index (χ3n) is 5.93. The molecule has 0 bridgehead atoms. The fourth-order valence-corrected chi connectivity index (χ4v) is 5.45. The molecule has 8 nitrogen and oxygen atoms in total. The van der Waals surface area contributed by atoms with E-state index in [4.69, 9.17) is 4.74 Å². The van der Waals surface area contributed by atoms with Gasteiger partial charge in [-0.3, -0.25) is 9.10 Å². The van der Waals surface area contributed by atoms with Gasteiger partial charge in [0.25, 0.3) is 15.9 Å². The molecule has 4 rings (SSSR count). The van der Waals surface area contributed by atoms with Crippen molar-refractivity contribution >= 4 is 27.8 Å². The van der Waals surface area contributed by atoms with Crippen LogP contribution in [0.1, 0.15) is 17.0 Å². The van der Waals surface area contributed by atoms with Gasteiger partial charge in [0.1, 0.15) is 18.1 Å². The van der Waals surface area contributed by atoms with Crippen LogP contribution in [-0.4, -0.2) is 38.8 Å². The Hall–Kier alpha value is -4.44. The molecule has 3 aromatic carbocycles. The number of hydrogen-bond donors (Lipinski definition) is 1. The number of amides is 1. The second-order valence-electron chi connectivity index (χ2n) is 8.45. The highest BCUT2D eigenvalue weighted by atomic mass is 32.2. The zero-order chi connectivity index (χ0) is 27.3. The van der Waals surface area contributed by atoms with E-state index >= 15 is 0 Å². The topological polar surface area (TPSA) is 93.0 Å². The molecule has 0 spiro atoms. The first-order chi connectivity index (χ1) is 18.2. The molecule has 1 N–H and O–H groups in total. The van der Waals surface area contributed by atoms with Crippen molar-refractivity contribution in [1.29, 1.82) is 0 Å². The Balaban J connectivity index is 1.53. The minimum atomic E-state index is -4.06. The number of aryl methyl sites for hydroxylation is 1. The van der Waals surface area contributed by atoms with E-state index < -0.39 is 22.5 Å². The van der Waals surface area contributed by atoms with Gasteiger partial charge in [0.15, 0.2) is 0 Å². The highest BCUT2D eigenvalue weighted by Crippen LogP contribution is 2.25. The van der Waals surface area contributed by atoms with Gasteiger partial charge in [0, 0.05) is 22.6 Å². The average molecular weight is 535 g/mol. The number of methoxy groups -OCH3 is 1. The zero-order valence-electron chi connectivity index (χ0n) is 21.1. The number of carbonyl (C=O) groups excluding carboxylic acids is 1. The molecule has 0 fully saturated rings. The van der Waals surface area contributed by atoms with E-state index in [0.29, 0.717) is 11.4 Å². The number of carbonyl (C=O) groups is 1. The molecule has 0 saturated heterocycles. The molecule has 0 atom stereocenters. The van der Waals surface area contributed by atoms with Gasteiger partial charge in [0.05, 0.1) is 23.9 Å². The first-order valence-electron chi connectivity index (χ1n) is 11.7. The van der Waals surface area contributed by atoms with Crippen LogP contribution in [-0.2, 0) is 14.8 Å². The predicted molar refractivity (Wildman–Crippen MR) is 145 cm³/mol.